The Balaban J connectivity index is 2.56. The van der Waals surface area contributed by atoms with Crippen molar-refractivity contribution >= 4 is 0 Å². The lowest BCUT2D eigenvalue weighted by Gasteiger charge is -2.04. The Bertz CT molecular complexity index is 358. The van der Waals surface area contributed by atoms with Gasteiger partial charge >= 0.3 is 0 Å². The molecule has 1 rings (SSSR count). The van der Waals surface area contributed by atoms with Crippen LogP contribution in [-0.2, 0) is 6.54 Å². The average Bonchev–Trinajstić information content (AvgIpc) is 2.52. The van der Waals surface area contributed by atoms with E-state index in [0.29, 0.717) is 0 Å². The van der Waals surface area contributed by atoms with Gasteiger partial charge in [-0.15, -0.1) is 5.10 Å². The molecule has 0 aromatic carbocycles. The maximum atomic E-state index is 9.19. The fraction of sp³-hybridized carbons (Fsp3) is 0.429. The minimum atomic E-state index is -0.766. The first-order valence-corrected chi connectivity index (χ1v) is 3.61. The standard InChI is InChI=1S/C7H7N5O/c8-2-1-6(13)4-12-5-10-7(3-9)11-12/h5-6,13H,1,4H2/t6-/m1/s1. The smallest absolute Gasteiger partial charge is 0.252 e. The van der Waals surface area contributed by atoms with Crippen molar-refractivity contribution in [3.05, 3.63) is 12.2 Å². The van der Waals surface area contributed by atoms with Crippen LogP contribution in [0.2, 0.25) is 0 Å². The van der Waals surface area contributed by atoms with Gasteiger partial charge in [-0.2, -0.15) is 10.5 Å². The van der Waals surface area contributed by atoms with Gasteiger partial charge in [0.2, 0.25) is 0 Å². The molecule has 0 aliphatic carbocycles. The van der Waals surface area contributed by atoms with E-state index in [-0.39, 0.29) is 18.8 Å². The summed E-state index contributed by atoms with van der Waals surface area (Å²) in [5.41, 5.74) is 0. The first-order valence-electron chi connectivity index (χ1n) is 3.61. The van der Waals surface area contributed by atoms with Crippen LogP contribution < -0.4 is 0 Å². The van der Waals surface area contributed by atoms with E-state index in [1.54, 1.807) is 6.07 Å². The predicted octanol–water partition coefficient (Wildman–Crippen LogP) is -0.576. The van der Waals surface area contributed by atoms with E-state index < -0.39 is 6.10 Å². The largest absolute Gasteiger partial charge is 0.390 e. The molecule has 0 spiro atoms. The van der Waals surface area contributed by atoms with Gasteiger partial charge < -0.3 is 5.11 Å². The third kappa shape index (κ3) is 2.55. The number of hydrogen-bond acceptors (Lipinski definition) is 5. The lowest BCUT2D eigenvalue weighted by Crippen LogP contribution is -2.15. The predicted molar refractivity (Wildman–Crippen MR) is 41.0 cm³/mol. The highest BCUT2D eigenvalue weighted by molar-refractivity contribution is 5.05. The summed E-state index contributed by atoms with van der Waals surface area (Å²) in [6.45, 7) is 0.183. The van der Waals surface area contributed by atoms with Gasteiger partial charge in [-0.3, -0.25) is 0 Å². The molecule has 1 atom stereocenters. The van der Waals surface area contributed by atoms with Gasteiger partial charge in [0.15, 0.2) is 0 Å². The zero-order valence-electron chi connectivity index (χ0n) is 6.75. The Labute approximate surface area is 74.7 Å². The molecule has 1 aromatic heterocycles. The van der Waals surface area contributed by atoms with Gasteiger partial charge in [0, 0.05) is 0 Å². The third-order valence-corrected chi connectivity index (χ3v) is 1.36. The van der Waals surface area contributed by atoms with Gasteiger partial charge in [0.1, 0.15) is 12.4 Å². The lowest BCUT2D eigenvalue weighted by molar-refractivity contribution is 0.154. The topological polar surface area (TPSA) is 98.5 Å². The van der Waals surface area contributed by atoms with Crippen LogP contribution in [0.25, 0.3) is 0 Å². The number of nitrogens with zero attached hydrogens (tertiary/aromatic N) is 5. The second-order valence-corrected chi connectivity index (χ2v) is 2.42. The molecular formula is C7H7N5O. The van der Waals surface area contributed by atoms with E-state index in [1.165, 1.54) is 11.0 Å². The quantitative estimate of drug-likeness (QED) is 0.666. The molecule has 0 radical (unpaired) electrons. The highest BCUT2D eigenvalue weighted by atomic mass is 16.3. The van der Waals surface area contributed by atoms with E-state index in [1.807, 2.05) is 6.07 Å². The van der Waals surface area contributed by atoms with Crippen molar-refractivity contribution < 1.29 is 5.11 Å². The maximum absolute atomic E-state index is 9.19. The summed E-state index contributed by atoms with van der Waals surface area (Å²) in [4.78, 5) is 3.64. The van der Waals surface area contributed by atoms with E-state index in [0.717, 1.165) is 0 Å². The van der Waals surface area contributed by atoms with Crippen molar-refractivity contribution in [2.75, 3.05) is 0 Å². The van der Waals surface area contributed by atoms with Crippen LogP contribution in [-0.4, -0.2) is 26.0 Å². The number of aliphatic hydroxyl groups excluding tert-OH is 1. The van der Waals surface area contributed by atoms with E-state index in [2.05, 4.69) is 10.1 Å². The summed E-state index contributed by atoms with van der Waals surface area (Å²) in [6.07, 6.45) is 0.624. The van der Waals surface area contributed by atoms with Crippen molar-refractivity contribution in [2.24, 2.45) is 0 Å². The Morgan fingerprint density at radius 3 is 2.92 bits per heavy atom. The molecule has 0 aliphatic rings. The molecule has 0 saturated heterocycles. The maximum Gasteiger partial charge on any atom is 0.252 e. The van der Waals surface area contributed by atoms with Gasteiger partial charge in [0.25, 0.3) is 5.82 Å². The first kappa shape index (κ1) is 9.17. The lowest BCUT2D eigenvalue weighted by atomic mass is 10.3. The number of nitriles is 2. The number of hydrogen-bond donors (Lipinski definition) is 1. The Morgan fingerprint density at radius 1 is 1.62 bits per heavy atom. The Hall–Kier alpha value is -1.92. The molecule has 6 heteroatoms. The van der Waals surface area contributed by atoms with Crippen LogP contribution in [0, 0.1) is 22.7 Å². The second-order valence-electron chi connectivity index (χ2n) is 2.42. The molecule has 0 aliphatic heterocycles. The van der Waals surface area contributed by atoms with Gasteiger partial charge in [-0.05, 0) is 0 Å². The first-order chi connectivity index (χ1) is 6.26. The molecule has 6 nitrogen and oxygen atoms in total. The summed E-state index contributed by atoms with van der Waals surface area (Å²) in [5, 5.41) is 29.6. The summed E-state index contributed by atoms with van der Waals surface area (Å²) in [6, 6.07) is 3.59. The fourth-order valence-corrected chi connectivity index (χ4v) is 0.820. The van der Waals surface area contributed by atoms with Crippen molar-refractivity contribution in [1.29, 1.82) is 10.5 Å². The molecule has 1 N–H and O–H groups in total. The molecule has 1 heterocycles. The number of aromatic nitrogens is 3. The van der Waals surface area contributed by atoms with Crippen LogP contribution in [0.15, 0.2) is 6.33 Å². The normalized spacial score (nSPS) is 11.6. The monoisotopic (exact) mass is 177 g/mol. The Morgan fingerprint density at radius 2 is 2.38 bits per heavy atom. The minimum absolute atomic E-state index is 0.0434. The van der Waals surface area contributed by atoms with Gasteiger partial charge in [0.05, 0.1) is 25.1 Å². The van der Waals surface area contributed by atoms with E-state index in [9.17, 15) is 5.11 Å². The summed E-state index contributed by atoms with van der Waals surface area (Å²) >= 11 is 0. The van der Waals surface area contributed by atoms with Crippen LogP contribution >= 0.6 is 0 Å². The highest BCUT2D eigenvalue weighted by Gasteiger charge is 2.06. The zero-order valence-corrected chi connectivity index (χ0v) is 6.75. The van der Waals surface area contributed by atoms with Crippen LogP contribution in [0.5, 0.6) is 0 Å². The SMILES string of the molecule is N#CC[C@@H](O)Cn1cnc(C#N)n1. The summed E-state index contributed by atoms with van der Waals surface area (Å²) < 4.78 is 1.33. The van der Waals surface area contributed by atoms with Crippen LogP contribution in [0.1, 0.15) is 12.2 Å². The van der Waals surface area contributed by atoms with Crippen molar-refractivity contribution in [2.45, 2.75) is 19.1 Å². The molecule has 1 aromatic rings. The molecule has 0 bridgehead atoms. The van der Waals surface area contributed by atoms with Gasteiger partial charge in [-0.25, -0.2) is 9.67 Å². The number of rotatable bonds is 3. The number of aliphatic hydroxyl groups is 1. The van der Waals surface area contributed by atoms with Crippen molar-refractivity contribution in [1.82, 2.24) is 14.8 Å². The average molecular weight is 177 g/mol. The molecular weight excluding hydrogens is 170 g/mol. The molecule has 13 heavy (non-hydrogen) atoms. The summed E-state index contributed by atoms with van der Waals surface area (Å²) in [7, 11) is 0. The minimum Gasteiger partial charge on any atom is -0.390 e. The molecule has 0 unspecified atom stereocenters. The second kappa shape index (κ2) is 4.19. The third-order valence-electron chi connectivity index (χ3n) is 1.36. The van der Waals surface area contributed by atoms with Crippen LogP contribution in [0.4, 0.5) is 0 Å². The Kier molecular flexibility index (Phi) is 2.96. The molecule has 0 saturated carbocycles. The van der Waals surface area contributed by atoms with Crippen LogP contribution in [0.3, 0.4) is 0 Å². The highest BCUT2D eigenvalue weighted by Crippen LogP contribution is 1.95. The zero-order chi connectivity index (χ0) is 9.68. The van der Waals surface area contributed by atoms with E-state index in [4.69, 9.17) is 10.5 Å². The van der Waals surface area contributed by atoms with Crippen molar-refractivity contribution in [3.8, 4) is 12.1 Å². The molecule has 0 amide bonds. The molecule has 0 fully saturated rings. The summed E-state index contributed by atoms with van der Waals surface area (Å²) in [5.74, 6) is 0.0594. The van der Waals surface area contributed by atoms with Gasteiger partial charge in [-0.1, -0.05) is 0 Å². The van der Waals surface area contributed by atoms with Crippen molar-refractivity contribution in [3.63, 3.8) is 0 Å². The van der Waals surface area contributed by atoms with E-state index >= 15 is 0 Å². The fourth-order valence-electron chi connectivity index (χ4n) is 0.820. The molecule has 66 valence electrons.